The third-order valence-corrected chi connectivity index (χ3v) is 7.56. The second-order valence-electron chi connectivity index (χ2n) is 10.1. The average Bonchev–Trinajstić information content (AvgIpc) is 2.83. The van der Waals surface area contributed by atoms with Gasteiger partial charge in [-0.15, -0.1) is 0 Å². The molecule has 2 unspecified atom stereocenters. The van der Waals surface area contributed by atoms with E-state index < -0.39 is 0 Å². The molecular weight excluding hydrogens is 404 g/mol. The van der Waals surface area contributed by atoms with Crippen molar-refractivity contribution in [3.8, 4) is 11.4 Å². The van der Waals surface area contributed by atoms with Crippen molar-refractivity contribution in [1.82, 2.24) is 14.9 Å². The predicted octanol–water partition coefficient (Wildman–Crippen LogP) is 6.12. The average molecular weight is 441 g/mol. The van der Waals surface area contributed by atoms with E-state index in [2.05, 4.69) is 86.0 Å². The van der Waals surface area contributed by atoms with Crippen LogP contribution in [0.4, 0.5) is 5.82 Å². The van der Waals surface area contributed by atoms with Gasteiger partial charge in [0.05, 0.1) is 5.69 Å². The van der Waals surface area contributed by atoms with Crippen LogP contribution in [0.1, 0.15) is 60.7 Å². The molecule has 0 radical (unpaired) electrons. The predicted molar refractivity (Wildman–Crippen MR) is 137 cm³/mol. The summed E-state index contributed by atoms with van der Waals surface area (Å²) in [7, 11) is 0. The molecule has 0 spiro atoms. The monoisotopic (exact) mass is 440 g/mol. The Hall–Kier alpha value is -2.72. The number of fused-ring (bicyclic) bond motifs is 1. The SMILES string of the molecule is Cc1cccc(C)c1-c1nc2c(c(N3CCCC(C)C3)n1)CN(C(C)c1ccccc1)CC2. The quantitative estimate of drug-likeness (QED) is 0.489. The van der Waals surface area contributed by atoms with Crippen LogP contribution in [0.25, 0.3) is 11.4 Å². The van der Waals surface area contributed by atoms with E-state index in [1.165, 1.54) is 52.2 Å². The second-order valence-corrected chi connectivity index (χ2v) is 10.1. The van der Waals surface area contributed by atoms with E-state index in [0.29, 0.717) is 12.0 Å². The molecule has 0 saturated carbocycles. The number of anilines is 1. The zero-order valence-corrected chi connectivity index (χ0v) is 20.5. The molecule has 0 bridgehead atoms. The number of rotatable bonds is 4. The minimum atomic E-state index is 0.380. The van der Waals surface area contributed by atoms with Gasteiger partial charge in [0.25, 0.3) is 0 Å². The standard InChI is InChI=1S/C29H36N4/c1-20-10-9-16-33(18-20)29-25-19-32(23(4)24-13-6-5-7-14-24)17-15-26(25)30-28(31-29)27-21(2)11-8-12-22(27)3/h5-8,11-14,20,23H,9-10,15-19H2,1-4H3. The summed E-state index contributed by atoms with van der Waals surface area (Å²) >= 11 is 0. The van der Waals surface area contributed by atoms with E-state index in [1.807, 2.05) is 0 Å². The Labute approximate surface area is 198 Å². The Kier molecular flexibility index (Phi) is 6.20. The number of benzene rings is 2. The first-order valence-electron chi connectivity index (χ1n) is 12.5. The Morgan fingerprint density at radius 2 is 1.70 bits per heavy atom. The maximum Gasteiger partial charge on any atom is 0.162 e. The van der Waals surface area contributed by atoms with Crippen LogP contribution < -0.4 is 4.90 Å². The summed E-state index contributed by atoms with van der Waals surface area (Å²) in [6.07, 6.45) is 3.52. The van der Waals surface area contributed by atoms with Gasteiger partial charge in [0.2, 0.25) is 0 Å². The molecule has 2 aliphatic rings. The first-order valence-corrected chi connectivity index (χ1v) is 12.5. The van der Waals surface area contributed by atoms with Crippen LogP contribution in [0, 0.1) is 19.8 Å². The van der Waals surface area contributed by atoms with Crippen molar-refractivity contribution in [3.63, 3.8) is 0 Å². The van der Waals surface area contributed by atoms with E-state index in [0.717, 1.165) is 38.4 Å². The Morgan fingerprint density at radius 1 is 0.939 bits per heavy atom. The molecule has 1 saturated heterocycles. The lowest BCUT2D eigenvalue weighted by Gasteiger charge is -2.38. The van der Waals surface area contributed by atoms with E-state index in [9.17, 15) is 0 Å². The molecule has 2 aromatic carbocycles. The Morgan fingerprint density at radius 3 is 2.42 bits per heavy atom. The Balaban J connectivity index is 1.57. The zero-order valence-electron chi connectivity index (χ0n) is 20.5. The third-order valence-electron chi connectivity index (χ3n) is 7.56. The van der Waals surface area contributed by atoms with Crippen LogP contribution in [0.3, 0.4) is 0 Å². The molecule has 2 atom stereocenters. The maximum absolute atomic E-state index is 5.29. The summed E-state index contributed by atoms with van der Waals surface area (Å²) in [6, 6.07) is 17.7. The van der Waals surface area contributed by atoms with Gasteiger partial charge in [-0.2, -0.15) is 0 Å². The molecule has 2 aliphatic heterocycles. The fraction of sp³-hybridized carbons (Fsp3) is 0.448. The zero-order chi connectivity index (χ0) is 22.9. The highest BCUT2D eigenvalue weighted by molar-refractivity contribution is 5.67. The summed E-state index contributed by atoms with van der Waals surface area (Å²) < 4.78 is 0. The fourth-order valence-corrected chi connectivity index (χ4v) is 5.61. The molecule has 3 heterocycles. The lowest BCUT2D eigenvalue weighted by Crippen LogP contribution is -2.39. The van der Waals surface area contributed by atoms with Gasteiger partial charge in [-0.3, -0.25) is 4.90 Å². The van der Waals surface area contributed by atoms with E-state index >= 15 is 0 Å². The van der Waals surface area contributed by atoms with E-state index in [-0.39, 0.29) is 0 Å². The van der Waals surface area contributed by atoms with Gasteiger partial charge in [-0.1, -0.05) is 55.5 Å². The van der Waals surface area contributed by atoms with Crippen LogP contribution >= 0.6 is 0 Å². The highest BCUT2D eigenvalue weighted by Crippen LogP contribution is 2.36. The van der Waals surface area contributed by atoms with Crippen molar-refractivity contribution in [2.24, 2.45) is 5.92 Å². The van der Waals surface area contributed by atoms with Gasteiger partial charge in [-0.05, 0) is 56.2 Å². The molecule has 4 heteroatoms. The lowest BCUT2D eigenvalue weighted by molar-refractivity contribution is 0.190. The third kappa shape index (κ3) is 4.41. The number of aryl methyl sites for hydroxylation is 2. The summed E-state index contributed by atoms with van der Waals surface area (Å²) in [6.45, 7) is 13.2. The van der Waals surface area contributed by atoms with Crippen molar-refractivity contribution < 1.29 is 0 Å². The lowest BCUT2D eigenvalue weighted by atomic mass is 9.96. The topological polar surface area (TPSA) is 32.3 Å². The highest BCUT2D eigenvalue weighted by atomic mass is 15.2. The van der Waals surface area contributed by atoms with Gasteiger partial charge < -0.3 is 4.90 Å². The number of hydrogen-bond donors (Lipinski definition) is 0. The first kappa shape index (κ1) is 22.1. The van der Waals surface area contributed by atoms with Gasteiger partial charge in [0.1, 0.15) is 5.82 Å². The summed E-state index contributed by atoms with van der Waals surface area (Å²) in [5.41, 5.74) is 7.67. The molecule has 1 fully saturated rings. The smallest absolute Gasteiger partial charge is 0.162 e. The van der Waals surface area contributed by atoms with Crippen LogP contribution in [0.15, 0.2) is 48.5 Å². The van der Waals surface area contributed by atoms with Crippen molar-refractivity contribution in [2.45, 2.75) is 59.5 Å². The summed E-state index contributed by atoms with van der Waals surface area (Å²) in [5, 5.41) is 0. The van der Waals surface area contributed by atoms with Gasteiger partial charge >= 0.3 is 0 Å². The molecule has 4 nitrogen and oxygen atoms in total. The number of piperidine rings is 1. The number of nitrogens with zero attached hydrogens (tertiary/aromatic N) is 4. The molecule has 3 aromatic rings. The van der Waals surface area contributed by atoms with Crippen LogP contribution in [0.2, 0.25) is 0 Å². The van der Waals surface area contributed by atoms with Gasteiger partial charge in [0.15, 0.2) is 5.82 Å². The minimum Gasteiger partial charge on any atom is -0.356 e. The van der Waals surface area contributed by atoms with Gasteiger partial charge in [0, 0.05) is 49.8 Å². The maximum atomic E-state index is 5.29. The summed E-state index contributed by atoms with van der Waals surface area (Å²) in [5.74, 6) is 2.78. The first-order chi connectivity index (χ1) is 16.0. The van der Waals surface area contributed by atoms with Crippen LogP contribution in [-0.4, -0.2) is 34.5 Å². The number of hydrogen-bond acceptors (Lipinski definition) is 4. The van der Waals surface area contributed by atoms with Crippen LogP contribution in [0.5, 0.6) is 0 Å². The molecule has 1 aromatic heterocycles. The largest absolute Gasteiger partial charge is 0.356 e. The second kappa shape index (κ2) is 9.26. The fourth-order valence-electron chi connectivity index (χ4n) is 5.61. The van der Waals surface area contributed by atoms with E-state index in [4.69, 9.17) is 9.97 Å². The van der Waals surface area contributed by atoms with Crippen molar-refractivity contribution in [1.29, 1.82) is 0 Å². The minimum absolute atomic E-state index is 0.380. The molecule has 0 N–H and O–H groups in total. The highest BCUT2D eigenvalue weighted by Gasteiger charge is 2.30. The summed E-state index contributed by atoms with van der Waals surface area (Å²) in [4.78, 5) is 15.6. The molecule has 5 rings (SSSR count). The normalized spacial score (nSPS) is 19.9. The molecular formula is C29H36N4. The van der Waals surface area contributed by atoms with Crippen molar-refractivity contribution in [3.05, 3.63) is 76.5 Å². The Bertz CT molecular complexity index is 1100. The molecule has 172 valence electrons. The molecule has 0 amide bonds. The number of aromatic nitrogens is 2. The van der Waals surface area contributed by atoms with Crippen molar-refractivity contribution in [2.75, 3.05) is 24.5 Å². The van der Waals surface area contributed by atoms with Gasteiger partial charge in [-0.25, -0.2) is 9.97 Å². The molecule has 0 aliphatic carbocycles. The van der Waals surface area contributed by atoms with Crippen molar-refractivity contribution >= 4 is 5.82 Å². The van der Waals surface area contributed by atoms with E-state index in [1.54, 1.807) is 0 Å². The molecule has 33 heavy (non-hydrogen) atoms. The van der Waals surface area contributed by atoms with Crippen LogP contribution in [-0.2, 0) is 13.0 Å².